The maximum atomic E-state index is 14.1. The van der Waals surface area contributed by atoms with Crippen molar-refractivity contribution in [1.29, 1.82) is 0 Å². The van der Waals surface area contributed by atoms with Crippen molar-refractivity contribution < 1.29 is 13.9 Å². The van der Waals surface area contributed by atoms with Gasteiger partial charge in [0.15, 0.2) is 0 Å². The van der Waals surface area contributed by atoms with Crippen LogP contribution in [0.25, 0.3) is 16.9 Å². The van der Waals surface area contributed by atoms with Gasteiger partial charge in [0.25, 0.3) is 5.91 Å². The Balaban J connectivity index is 1.81. The number of hydrogen-bond donors (Lipinski definition) is 1. The third-order valence-electron chi connectivity index (χ3n) is 5.04. The molecular weight excluding hydrogens is 393 g/mol. The average Bonchev–Trinajstić information content (AvgIpc) is 3.22. The normalized spacial score (nSPS) is 10.7. The Bertz CT molecular complexity index is 1250. The van der Waals surface area contributed by atoms with E-state index in [0.29, 0.717) is 11.4 Å². The number of anilines is 1. The van der Waals surface area contributed by atoms with Gasteiger partial charge in [0.1, 0.15) is 17.3 Å². The average molecular weight is 415 g/mol. The molecule has 0 saturated carbocycles. The first-order valence-corrected chi connectivity index (χ1v) is 9.84. The summed E-state index contributed by atoms with van der Waals surface area (Å²) in [6.07, 6.45) is 0. The number of carbonyl (C=O) groups is 1. The number of amides is 1. The molecule has 0 aliphatic carbocycles. The Kier molecular flexibility index (Phi) is 5.54. The Morgan fingerprint density at radius 1 is 1.00 bits per heavy atom. The molecule has 31 heavy (non-hydrogen) atoms. The molecule has 5 nitrogen and oxygen atoms in total. The summed E-state index contributed by atoms with van der Waals surface area (Å²) in [5.41, 5.74) is 4.69. The van der Waals surface area contributed by atoms with Crippen LogP contribution in [0.2, 0.25) is 0 Å². The smallest absolute Gasteiger partial charge is 0.274 e. The van der Waals surface area contributed by atoms with E-state index in [-0.39, 0.29) is 5.69 Å². The summed E-state index contributed by atoms with van der Waals surface area (Å²) >= 11 is 0. The number of hydrogen-bond acceptors (Lipinski definition) is 3. The Morgan fingerprint density at radius 3 is 2.45 bits per heavy atom. The lowest BCUT2D eigenvalue weighted by molar-refractivity contribution is 0.101. The number of aryl methyl sites for hydroxylation is 2. The van der Waals surface area contributed by atoms with Crippen molar-refractivity contribution in [3.05, 3.63) is 95.4 Å². The first kappa shape index (κ1) is 20.3. The summed E-state index contributed by atoms with van der Waals surface area (Å²) in [5.74, 6) is -0.211. The number of rotatable bonds is 5. The van der Waals surface area contributed by atoms with Gasteiger partial charge in [-0.2, -0.15) is 5.10 Å². The molecule has 6 heteroatoms. The van der Waals surface area contributed by atoms with Crippen LogP contribution in [0.3, 0.4) is 0 Å². The van der Waals surface area contributed by atoms with Gasteiger partial charge >= 0.3 is 0 Å². The second-order valence-electron chi connectivity index (χ2n) is 7.28. The van der Waals surface area contributed by atoms with Gasteiger partial charge in [0.05, 0.1) is 24.2 Å². The van der Waals surface area contributed by atoms with Crippen LogP contribution in [0.5, 0.6) is 5.75 Å². The van der Waals surface area contributed by atoms with Gasteiger partial charge in [-0.3, -0.25) is 4.79 Å². The molecule has 0 spiro atoms. The van der Waals surface area contributed by atoms with E-state index in [9.17, 15) is 9.18 Å². The van der Waals surface area contributed by atoms with E-state index in [4.69, 9.17) is 9.84 Å². The monoisotopic (exact) mass is 415 g/mol. The number of benzene rings is 3. The highest BCUT2D eigenvalue weighted by molar-refractivity contribution is 6.04. The van der Waals surface area contributed by atoms with E-state index in [1.807, 2.05) is 56.3 Å². The van der Waals surface area contributed by atoms with Crippen molar-refractivity contribution in [3.8, 4) is 22.7 Å². The number of methoxy groups -OCH3 is 1. The maximum absolute atomic E-state index is 14.1. The molecule has 1 heterocycles. The minimum Gasteiger partial charge on any atom is -0.497 e. The minimum absolute atomic E-state index is 0.118. The van der Waals surface area contributed by atoms with E-state index in [1.54, 1.807) is 30.0 Å². The summed E-state index contributed by atoms with van der Waals surface area (Å²) in [4.78, 5) is 13.1. The highest BCUT2D eigenvalue weighted by Gasteiger charge is 2.20. The van der Waals surface area contributed by atoms with Crippen LogP contribution in [-0.2, 0) is 0 Å². The van der Waals surface area contributed by atoms with E-state index in [2.05, 4.69) is 5.32 Å². The maximum Gasteiger partial charge on any atom is 0.274 e. The number of nitrogens with one attached hydrogen (secondary N) is 1. The first-order chi connectivity index (χ1) is 15.0. The van der Waals surface area contributed by atoms with Gasteiger partial charge in [-0.05, 0) is 73.5 Å². The highest BCUT2D eigenvalue weighted by Crippen LogP contribution is 2.26. The Hall–Kier alpha value is -3.93. The lowest BCUT2D eigenvalue weighted by Crippen LogP contribution is -2.18. The molecule has 0 aliphatic heterocycles. The lowest BCUT2D eigenvalue weighted by Gasteiger charge is -2.12. The van der Waals surface area contributed by atoms with Crippen LogP contribution < -0.4 is 10.1 Å². The van der Waals surface area contributed by atoms with Crippen LogP contribution in [0.1, 0.15) is 21.6 Å². The molecule has 0 atom stereocenters. The Labute approximate surface area is 180 Å². The molecule has 0 fully saturated rings. The van der Waals surface area contributed by atoms with Gasteiger partial charge in [-0.25, -0.2) is 9.07 Å². The SMILES string of the molecule is COc1ccc(-c2cc(C(=O)Nc3ccccc3F)n(-c3cc(C)ccc3C)n2)cc1. The fraction of sp³-hybridized carbons (Fsp3) is 0.120. The van der Waals surface area contributed by atoms with Crippen molar-refractivity contribution in [3.63, 3.8) is 0 Å². The van der Waals surface area contributed by atoms with Crippen LogP contribution >= 0.6 is 0 Å². The zero-order valence-electron chi connectivity index (χ0n) is 17.5. The number of ether oxygens (including phenoxy) is 1. The summed E-state index contributed by atoms with van der Waals surface area (Å²) < 4.78 is 20.9. The topological polar surface area (TPSA) is 56.1 Å². The third kappa shape index (κ3) is 4.19. The number of para-hydroxylation sites is 1. The molecule has 0 aliphatic rings. The molecule has 1 amide bonds. The molecule has 0 radical (unpaired) electrons. The standard InChI is InChI=1S/C25H22FN3O2/c1-16-8-9-17(2)23(14-16)29-24(25(30)27-21-7-5-4-6-20(21)26)15-22(28-29)18-10-12-19(31-3)13-11-18/h4-15H,1-3H3,(H,27,30). The van der Waals surface area contributed by atoms with E-state index >= 15 is 0 Å². The van der Waals surface area contributed by atoms with Crippen molar-refractivity contribution in [2.24, 2.45) is 0 Å². The van der Waals surface area contributed by atoms with Gasteiger partial charge in [0.2, 0.25) is 0 Å². The summed E-state index contributed by atoms with van der Waals surface area (Å²) in [7, 11) is 1.61. The van der Waals surface area contributed by atoms with Crippen molar-refractivity contribution in [2.45, 2.75) is 13.8 Å². The predicted octanol–water partition coefficient (Wildman–Crippen LogP) is 5.56. The zero-order chi connectivity index (χ0) is 22.0. The summed E-state index contributed by atoms with van der Waals surface area (Å²) in [6.45, 7) is 3.94. The van der Waals surface area contributed by atoms with Crippen LogP contribution in [0, 0.1) is 19.7 Å². The zero-order valence-corrected chi connectivity index (χ0v) is 17.5. The predicted molar refractivity (Wildman–Crippen MR) is 119 cm³/mol. The van der Waals surface area contributed by atoms with Crippen molar-refractivity contribution in [1.82, 2.24) is 9.78 Å². The summed E-state index contributed by atoms with van der Waals surface area (Å²) in [5, 5.41) is 7.37. The number of carbonyl (C=O) groups excluding carboxylic acids is 1. The molecule has 0 saturated heterocycles. The molecule has 3 aromatic carbocycles. The number of halogens is 1. The van der Waals surface area contributed by atoms with Gasteiger partial charge in [-0.1, -0.05) is 24.3 Å². The van der Waals surface area contributed by atoms with Crippen LogP contribution in [-0.4, -0.2) is 22.8 Å². The minimum atomic E-state index is -0.496. The Morgan fingerprint density at radius 2 is 1.74 bits per heavy atom. The largest absolute Gasteiger partial charge is 0.497 e. The van der Waals surface area contributed by atoms with E-state index < -0.39 is 11.7 Å². The molecule has 0 unspecified atom stereocenters. The fourth-order valence-corrected chi connectivity index (χ4v) is 3.33. The van der Waals surface area contributed by atoms with Crippen molar-refractivity contribution >= 4 is 11.6 Å². The first-order valence-electron chi connectivity index (χ1n) is 9.84. The second kappa shape index (κ2) is 8.44. The molecule has 1 aromatic heterocycles. The van der Waals surface area contributed by atoms with Crippen LogP contribution in [0.4, 0.5) is 10.1 Å². The van der Waals surface area contributed by atoms with E-state index in [0.717, 1.165) is 28.1 Å². The lowest BCUT2D eigenvalue weighted by atomic mass is 10.1. The quantitative estimate of drug-likeness (QED) is 0.465. The number of aromatic nitrogens is 2. The fourth-order valence-electron chi connectivity index (χ4n) is 3.33. The molecular formula is C25H22FN3O2. The van der Waals surface area contributed by atoms with Gasteiger partial charge < -0.3 is 10.1 Å². The molecule has 1 N–H and O–H groups in total. The third-order valence-corrected chi connectivity index (χ3v) is 5.04. The van der Waals surface area contributed by atoms with Gasteiger partial charge in [0, 0.05) is 5.56 Å². The molecule has 4 rings (SSSR count). The molecule has 0 bridgehead atoms. The highest BCUT2D eigenvalue weighted by atomic mass is 19.1. The van der Waals surface area contributed by atoms with Crippen molar-refractivity contribution in [2.75, 3.05) is 12.4 Å². The summed E-state index contributed by atoms with van der Waals surface area (Å²) in [6, 6.07) is 21.2. The van der Waals surface area contributed by atoms with Gasteiger partial charge in [-0.15, -0.1) is 0 Å². The molecule has 4 aromatic rings. The van der Waals surface area contributed by atoms with E-state index in [1.165, 1.54) is 12.1 Å². The van der Waals surface area contributed by atoms with Crippen LogP contribution in [0.15, 0.2) is 72.8 Å². The number of nitrogens with zero attached hydrogens (tertiary/aromatic N) is 2. The molecule has 156 valence electrons. The second-order valence-corrected chi connectivity index (χ2v) is 7.28.